The van der Waals surface area contributed by atoms with Crippen molar-refractivity contribution in [2.24, 2.45) is 0 Å². The van der Waals surface area contributed by atoms with Gasteiger partial charge in [-0.2, -0.15) is 4.98 Å². The van der Waals surface area contributed by atoms with Crippen LogP contribution in [0.5, 0.6) is 0 Å². The maximum atomic E-state index is 5.45. The zero-order valence-electron chi connectivity index (χ0n) is 15.0. The Bertz CT molecular complexity index is 1040. The molecule has 1 heterocycles. The molecule has 0 aliphatic heterocycles. The standard InChI is InChI=1S/C23H19BrN2O/c1-2-5-16-8-10-17(11-9-16)18-12-14-19(15-13-18)22-25-23(27-26-22)20-6-3-4-7-21(20)24/h3-4,6-15H,2,5H2,1H3. The van der Waals surface area contributed by atoms with Gasteiger partial charge in [-0.1, -0.05) is 79.2 Å². The van der Waals surface area contributed by atoms with E-state index in [0.29, 0.717) is 11.7 Å². The maximum absolute atomic E-state index is 5.45. The van der Waals surface area contributed by atoms with Crippen LogP contribution in [0.25, 0.3) is 34.0 Å². The molecule has 134 valence electrons. The molecule has 0 amide bonds. The molecular formula is C23H19BrN2O. The van der Waals surface area contributed by atoms with Gasteiger partial charge in [-0.3, -0.25) is 0 Å². The highest BCUT2D eigenvalue weighted by Gasteiger charge is 2.13. The monoisotopic (exact) mass is 418 g/mol. The van der Waals surface area contributed by atoms with E-state index in [2.05, 4.69) is 69.4 Å². The Hall–Kier alpha value is -2.72. The summed E-state index contributed by atoms with van der Waals surface area (Å²) in [6.07, 6.45) is 2.29. The van der Waals surface area contributed by atoms with E-state index < -0.39 is 0 Å². The lowest BCUT2D eigenvalue weighted by atomic mass is 10.0. The van der Waals surface area contributed by atoms with Gasteiger partial charge in [0, 0.05) is 10.0 Å². The van der Waals surface area contributed by atoms with E-state index in [4.69, 9.17) is 4.52 Å². The molecule has 0 aliphatic rings. The van der Waals surface area contributed by atoms with Gasteiger partial charge in [0.1, 0.15) is 0 Å². The highest BCUT2D eigenvalue weighted by atomic mass is 79.9. The molecule has 0 saturated carbocycles. The van der Waals surface area contributed by atoms with E-state index in [1.165, 1.54) is 23.1 Å². The number of benzene rings is 3. The Labute approximate surface area is 167 Å². The number of halogens is 1. The van der Waals surface area contributed by atoms with E-state index >= 15 is 0 Å². The molecule has 0 N–H and O–H groups in total. The zero-order chi connectivity index (χ0) is 18.6. The summed E-state index contributed by atoms with van der Waals surface area (Å²) in [5, 5.41) is 4.13. The van der Waals surface area contributed by atoms with Crippen molar-refractivity contribution in [3.05, 3.63) is 82.8 Å². The summed E-state index contributed by atoms with van der Waals surface area (Å²) < 4.78 is 6.38. The Kier molecular flexibility index (Phi) is 5.16. The van der Waals surface area contributed by atoms with Crippen LogP contribution in [-0.2, 0) is 6.42 Å². The van der Waals surface area contributed by atoms with E-state index in [1.807, 2.05) is 36.4 Å². The van der Waals surface area contributed by atoms with Crippen molar-refractivity contribution in [2.75, 3.05) is 0 Å². The van der Waals surface area contributed by atoms with Gasteiger partial charge in [-0.05, 0) is 51.2 Å². The maximum Gasteiger partial charge on any atom is 0.259 e. The molecule has 0 aliphatic carbocycles. The number of rotatable bonds is 5. The van der Waals surface area contributed by atoms with Crippen LogP contribution >= 0.6 is 15.9 Å². The summed E-state index contributed by atoms with van der Waals surface area (Å²) in [4.78, 5) is 4.54. The SMILES string of the molecule is CCCc1ccc(-c2ccc(-c3noc(-c4ccccc4Br)n3)cc2)cc1. The molecule has 3 aromatic carbocycles. The Morgan fingerprint density at radius 3 is 2.11 bits per heavy atom. The van der Waals surface area contributed by atoms with Gasteiger partial charge in [0.25, 0.3) is 5.89 Å². The van der Waals surface area contributed by atoms with E-state index in [9.17, 15) is 0 Å². The summed E-state index contributed by atoms with van der Waals surface area (Å²) >= 11 is 3.52. The van der Waals surface area contributed by atoms with Crippen molar-refractivity contribution in [3.63, 3.8) is 0 Å². The second-order valence-electron chi connectivity index (χ2n) is 6.43. The van der Waals surface area contributed by atoms with Gasteiger partial charge in [-0.25, -0.2) is 0 Å². The quantitative estimate of drug-likeness (QED) is 0.358. The third-order valence-electron chi connectivity index (χ3n) is 4.50. The molecule has 3 nitrogen and oxygen atoms in total. The fourth-order valence-electron chi connectivity index (χ4n) is 3.05. The van der Waals surface area contributed by atoms with Crippen LogP contribution in [0.1, 0.15) is 18.9 Å². The molecule has 4 rings (SSSR count). The smallest absolute Gasteiger partial charge is 0.259 e. The van der Waals surface area contributed by atoms with Crippen LogP contribution in [-0.4, -0.2) is 10.1 Å². The summed E-state index contributed by atoms with van der Waals surface area (Å²) in [7, 11) is 0. The Morgan fingerprint density at radius 2 is 1.44 bits per heavy atom. The first-order valence-corrected chi connectivity index (χ1v) is 9.82. The number of hydrogen-bond acceptors (Lipinski definition) is 3. The normalized spacial score (nSPS) is 10.9. The second kappa shape index (κ2) is 7.89. The minimum Gasteiger partial charge on any atom is -0.334 e. The van der Waals surface area contributed by atoms with Crippen LogP contribution < -0.4 is 0 Å². The number of aromatic nitrogens is 2. The Morgan fingerprint density at radius 1 is 0.815 bits per heavy atom. The molecule has 0 radical (unpaired) electrons. The summed E-state index contributed by atoms with van der Waals surface area (Å²) in [6.45, 7) is 2.20. The van der Waals surface area contributed by atoms with Gasteiger partial charge in [0.2, 0.25) is 5.82 Å². The molecule has 0 fully saturated rings. The topological polar surface area (TPSA) is 38.9 Å². The molecule has 0 saturated heterocycles. The molecule has 27 heavy (non-hydrogen) atoms. The van der Waals surface area contributed by atoms with Crippen molar-refractivity contribution in [3.8, 4) is 34.0 Å². The summed E-state index contributed by atoms with van der Waals surface area (Å²) in [5.74, 6) is 1.10. The molecule has 0 spiro atoms. The average Bonchev–Trinajstić information content (AvgIpc) is 3.19. The van der Waals surface area contributed by atoms with Gasteiger partial charge < -0.3 is 4.52 Å². The highest BCUT2D eigenvalue weighted by Crippen LogP contribution is 2.29. The fraction of sp³-hybridized carbons (Fsp3) is 0.130. The number of aryl methyl sites for hydroxylation is 1. The van der Waals surface area contributed by atoms with Crippen LogP contribution in [0.4, 0.5) is 0 Å². The van der Waals surface area contributed by atoms with E-state index in [1.54, 1.807) is 0 Å². The molecule has 0 atom stereocenters. The van der Waals surface area contributed by atoms with Crippen molar-refractivity contribution < 1.29 is 4.52 Å². The second-order valence-corrected chi connectivity index (χ2v) is 7.28. The lowest BCUT2D eigenvalue weighted by Crippen LogP contribution is -1.85. The van der Waals surface area contributed by atoms with Crippen molar-refractivity contribution in [1.29, 1.82) is 0 Å². The van der Waals surface area contributed by atoms with Gasteiger partial charge >= 0.3 is 0 Å². The third-order valence-corrected chi connectivity index (χ3v) is 5.19. The zero-order valence-corrected chi connectivity index (χ0v) is 16.6. The molecule has 0 unspecified atom stereocenters. The Balaban J connectivity index is 1.57. The molecule has 4 heteroatoms. The number of nitrogens with zero attached hydrogens (tertiary/aromatic N) is 2. The van der Waals surface area contributed by atoms with Crippen molar-refractivity contribution in [1.82, 2.24) is 10.1 Å². The first-order chi connectivity index (χ1) is 13.2. The number of hydrogen-bond donors (Lipinski definition) is 0. The van der Waals surface area contributed by atoms with Crippen LogP contribution in [0.15, 0.2) is 81.8 Å². The highest BCUT2D eigenvalue weighted by molar-refractivity contribution is 9.10. The summed E-state index contributed by atoms with van der Waals surface area (Å²) in [5.41, 5.74) is 5.59. The first-order valence-electron chi connectivity index (χ1n) is 9.03. The third kappa shape index (κ3) is 3.86. The van der Waals surface area contributed by atoms with Gasteiger partial charge in [0.15, 0.2) is 0 Å². The van der Waals surface area contributed by atoms with Crippen molar-refractivity contribution >= 4 is 15.9 Å². The largest absolute Gasteiger partial charge is 0.334 e. The molecule has 0 bridgehead atoms. The minimum atomic E-state index is 0.507. The molecular weight excluding hydrogens is 400 g/mol. The first kappa shape index (κ1) is 17.7. The van der Waals surface area contributed by atoms with Crippen LogP contribution in [0.3, 0.4) is 0 Å². The predicted octanol–water partition coefficient (Wildman–Crippen LogP) is 6.79. The lowest BCUT2D eigenvalue weighted by Gasteiger charge is -2.04. The average molecular weight is 419 g/mol. The fourth-order valence-corrected chi connectivity index (χ4v) is 3.50. The van der Waals surface area contributed by atoms with E-state index in [0.717, 1.165) is 22.0 Å². The van der Waals surface area contributed by atoms with Crippen molar-refractivity contribution in [2.45, 2.75) is 19.8 Å². The predicted molar refractivity (Wildman–Crippen MR) is 112 cm³/mol. The van der Waals surface area contributed by atoms with E-state index in [-0.39, 0.29) is 0 Å². The minimum absolute atomic E-state index is 0.507. The van der Waals surface area contributed by atoms with Crippen LogP contribution in [0.2, 0.25) is 0 Å². The van der Waals surface area contributed by atoms with Gasteiger partial charge in [0.05, 0.1) is 5.56 Å². The molecule has 4 aromatic rings. The van der Waals surface area contributed by atoms with Gasteiger partial charge in [-0.15, -0.1) is 0 Å². The van der Waals surface area contributed by atoms with Crippen LogP contribution in [0, 0.1) is 0 Å². The summed E-state index contributed by atoms with van der Waals surface area (Å²) in [6, 6.07) is 24.8. The lowest BCUT2D eigenvalue weighted by molar-refractivity contribution is 0.432. The molecule has 1 aromatic heterocycles.